The van der Waals surface area contributed by atoms with Crippen molar-refractivity contribution in [1.82, 2.24) is 25.9 Å². The van der Waals surface area contributed by atoms with E-state index >= 15 is 0 Å². The summed E-state index contributed by atoms with van der Waals surface area (Å²) in [4.78, 5) is 9.28. The summed E-state index contributed by atoms with van der Waals surface area (Å²) in [6.45, 7) is 1.06. The van der Waals surface area contributed by atoms with Gasteiger partial charge in [-0.3, -0.25) is 4.90 Å². The first-order valence-electron chi connectivity index (χ1n) is 9.85. The molecule has 0 bridgehead atoms. The van der Waals surface area contributed by atoms with Crippen LogP contribution >= 0.6 is 0 Å². The first kappa shape index (κ1) is 20.0. The maximum atomic E-state index is 14.2. The Labute approximate surface area is 174 Å². The van der Waals surface area contributed by atoms with Gasteiger partial charge in [0.2, 0.25) is 0 Å². The number of likely N-dealkylation sites (tertiary alicyclic amines) is 1. The molecule has 0 radical (unpaired) electrons. The van der Waals surface area contributed by atoms with Crippen molar-refractivity contribution in [3.05, 3.63) is 58.4 Å². The van der Waals surface area contributed by atoms with Crippen LogP contribution in [0.25, 0.3) is 5.70 Å². The number of hydrogen-bond donors (Lipinski definition) is 3. The van der Waals surface area contributed by atoms with Gasteiger partial charge in [-0.15, -0.1) is 5.53 Å². The van der Waals surface area contributed by atoms with Gasteiger partial charge in [-0.2, -0.15) is 13.2 Å². The van der Waals surface area contributed by atoms with Crippen LogP contribution in [0.4, 0.5) is 27.8 Å². The zero-order valence-electron chi connectivity index (χ0n) is 16.2. The number of aliphatic imine (C=N–C) groups is 1. The number of rotatable bonds is 3. The monoisotopic (exact) mass is 438 g/mol. The molecule has 1 fully saturated rings. The highest BCUT2D eigenvalue weighted by atomic mass is 19.4. The molecule has 0 aliphatic carbocycles. The molecule has 0 unspecified atom stereocenters. The molecule has 5 rings (SSSR count). The summed E-state index contributed by atoms with van der Waals surface area (Å²) in [5, 5.41) is 1.81. The molecule has 1 saturated heterocycles. The highest BCUT2D eigenvalue weighted by Gasteiger charge is 2.35. The number of allylic oxidation sites excluding steroid dienone is 1. The molecule has 31 heavy (non-hydrogen) atoms. The predicted octanol–water partition coefficient (Wildman–Crippen LogP) is 3.89. The van der Waals surface area contributed by atoms with Crippen molar-refractivity contribution in [2.24, 2.45) is 10.9 Å². The van der Waals surface area contributed by atoms with Crippen LogP contribution in [0.15, 0.2) is 35.1 Å². The Balaban J connectivity index is 1.29. The number of fused-ring (bicyclic) bond motifs is 3. The number of hydrazine groups is 2. The molecule has 3 aliphatic rings. The molecule has 164 valence electrons. The third-order valence-electron chi connectivity index (χ3n) is 5.94. The summed E-state index contributed by atoms with van der Waals surface area (Å²) in [5.41, 5.74) is 7.61. The van der Waals surface area contributed by atoms with Crippen LogP contribution in [-0.4, -0.2) is 34.3 Å². The Hall–Kier alpha value is -2.92. The molecule has 3 N–H and O–H groups in total. The maximum absolute atomic E-state index is 14.2. The quantitative estimate of drug-likeness (QED) is 0.637. The van der Waals surface area contributed by atoms with Crippen molar-refractivity contribution < 1.29 is 22.0 Å². The summed E-state index contributed by atoms with van der Waals surface area (Å²) in [6, 6.07) is 2.67. The number of alkyl halides is 3. The summed E-state index contributed by atoms with van der Waals surface area (Å²) in [6.07, 6.45) is 0.195. The van der Waals surface area contributed by atoms with Gasteiger partial charge in [0.25, 0.3) is 0 Å². The Bertz CT molecular complexity index is 1040. The molecule has 4 heterocycles. The van der Waals surface area contributed by atoms with E-state index in [0.717, 1.165) is 35.6 Å². The molecule has 0 saturated carbocycles. The number of nitrogens with one attached hydrogen (secondary N) is 3. The normalized spacial score (nSPS) is 19.6. The maximum Gasteiger partial charge on any atom is 0.416 e. The highest BCUT2D eigenvalue weighted by Crippen LogP contribution is 2.38. The molecule has 1 aromatic heterocycles. The minimum absolute atomic E-state index is 0.0686. The number of hydrogen-bond acceptors (Lipinski definition) is 5. The van der Waals surface area contributed by atoms with Gasteiger partial charge in [-0.25, -0.2) is 18.8 Å². The summed E-state index contributed by atoms with van der Waals surface area (Å²) in [7, 11) is 0. The Morgan fingerprint density at radius 1 is 1.10 bits per heavy atom. The average Bonchev–Trinajstić information content (AvgIpc) is 3.36. The van der Waals surface area contributed by atoms with Gasteiger partial charge in [0.15, 0.2) is 0 Å². The molecule has 2 aromatic rings. The lowest BCUT2D eigenvalue weighted by molar-refractivity contribution is -0.138. The van der Waals surface area contributed by atoms with Crippen LogP contribution in [0.1, 0.15) is 29.5 Å². The van der Waals surface area contributed by atoms with Crippen molar-refractivity contribution in [3.63, 3.8) is 0 Å². The van der Waals surface area contributed by atoms with E-state index in [9.17, 15) is 22.0 Å². The summed E-state index contributed by atoms with van der Waals surface area (Å²) < 4.78 is 66.6. The topological polar surface area (TPSA) is 58.7 Å². The molecular formula is C20H19F5N6. The van der Waals surface area contributed by atoms with E-state index in [-0.39, 0.29) is 18.0 Å². The second kappa shape index (κ2) is 7.34. The molecule has 3 aliphatic heterocycles. The number of benzene rings is 1. The first-order valence-corrected chi connectivity index (χ1v) is 9.85. The third-order valence-corrected chi connectivity index (χ3v) is 5.94. The fourth-order valence-corrected chi connectivity index (χ4v) is 4.32. The molecule has 1 aromatic carbocycles. The van der Waals surface area contributed by atoms with Gasteiger partial charge in [-0.1, -0.05) is 0 Å². The molecule has 0 atom stereocenters. The average molecular weight is 438 g/mol. The van der Waals surface area contributed by atoms with Crippen molar-refractivity contribution in [2.45, 2.75) is 25.6 Å². The van der Waals surface area contributed by atoms with Gasteiger partial charge < -0.3 is 10.4 Å². The van der Waals surface area contributed by atoms with E-state index in [4.69, 9.17) is 0 Å². The predicted molar refractivity (Wildman–Crippen MR) is 103 cm³/mol. The number of aromatic amines is 1. The minimum atomic E-state index is -4.78. The van der Waals surface area contributed by atoms with E-state index in [1.807, 2.05) is 22.2 Å². The van der Waals surface area contributed by atoms with Crippen LogP contribution < -0.4 is 11.0 Å². The van der Waals surface area contributed by atoms with Crippen LogP contribution in [0.2, 0.25) is 0 Å². The lowest BCUT2D eigenvalue weighted by Crippen LogP contribution is -2.39. The van der Waals surface area contributed by atoms with E-state index in [1.54, 1.807) is 6.34 Å². The SMILES string of the molecule is Fc1cc(C(F)(F)F)cc(F)c1CN1CCC(C2=C3c4cc[nH]c4N=CN3NN2)CC1. The fraction of sp³-hybridized carbons (Fsp3) is 0.350. The lowest BCUT2D eigenvalue weighted by Gasteiger charge is -2.33. The van der Waals surface area contributed by atoms with Crippen LogP contribution in [0.3, 0.4) is 0 Å². The molecule has 0 spiro atoms. The smallest absolute Gasteiger partial charge is 0.346 e. The van der Waals surface area contributed by atoms with Gasteiger partial charge in [0, 0.05) is 29.8 Å². The van der Waals surface area contributed by atoms with Crippen LogP contribution in [0, 0.1) is 17.6 Å². The number of piperidine rings is 1. The first-order chi connectivity index (χ1) is 14.8. The number of halogens is 5. The van der Waals surface area contributed by atoms with E-state index in [1.165, 1.54) is 0 Å². The lowest BCUT2D eigenvalue weighted by atomic mass is 9.91. The third kappa shape index (κ3) is 3.57. The molecule has 11 heteroatoms. The number of nitrogens with zero attached hydrogens (tertiary/aromatic N) is 3. The Kier molecular flexibility index (Phi) is 4.74. The Morgan fingerprint density at radius 2 is 1.81 bits per heavy atom. The summed E-state index contributed by atoms with van der Waals surface area (Å²) >= 11 is 0. The standard InChI is InChI=1S/C20H19F5N6/c21-15-7-12(20(23,24)25)8-16(22)14(15)9-30-5-2-11(3-6-30)17-18-13-1-4-26-19(13)27-10-31(18)29-28-17/h1,4,7-8,10-11,26,28-29H,2-3,5-6,9H2. The van der Waals surface area contributed by atoms with Crippen LogP contribution in [-0.2, 0) is 12.7 Å². The zero-order valence-corrected chi connectivity index (χ0v) is 16.2. The van der Waals surface area contributed by atoms with E-state index in [2.05, 4.69) is 20.9 Å². The van der Waals surface area contributed by atoms with Crippen LogP contribution in [0.5, 0.6) is 0 Å². The molecule has 0 amide bonds. The fourth-order valence-electron chi connectivity index (χ4n) is 4.32. The number of H-pyrrole nitrogens is 1. The molecular weight excluding hydrogens is 419 g/mol. The van der Waals surface area contributed by atoms with Crippen molar-refractivity contribution in [1.29, 1.82) is 0 Å². The zero-order chi connectivity index (χ0) is 21.8. The summed E-state index contributed by atoms with van der Waals surface area (Å²) in [5.74, 6) is -1.36. The van der Waals surface area contributed by atoms with Crippen molar-refractivity contribution in [2.75, 3.05) is 13.1 Å². The minimum Gasteiger partial charge on any atom is -0.346 e. The second-order valence-corrected chi connectivity index (χ2v) is 7.82. The van der Waals surface area contributed by atoms with E-state index < -0.39 is 23.4 Å². The highest BCUT2D eigenvalue weighted by molar-refractivity contribution is 5.87. The van der Waals surface area contributed by atoms with Crippen molar-refractivity contribution >= 4 is 17.9 Å². The van der Waals surface area contributed by atoms with Gasteiger partial charge in [0.1, 0.15) is 23.8 Å². The molecule has 6 nitrogen and oxygen atoms in total. The van der Waals surface area contributed by atoms with E-state index in [0.29, 0.717) is 25.2 Å². The van der Waals surface area contributed by atoms with Gasteiger partial charge >= 0.3 is 6.18 Å². The number of aromatic nitrogens is 1. The van der Waals surface area contributed by atoms with Crippen molar-refractivity contribution in [3.8, 4) is 0 Å². The Morgan fingerprint density at radius 3 is 2.48 bits per heavy atom. The van der Waals surface area contributed by atoms with Gasteiger partial charge in [0.05, 0.1) is 17.0 Å². The second-order valence-electron chi connectivity index (χ2n) is 7.82. The van der Waals surface area contributed by atoms with Gasteiger partial charge in [-0.05, 0) is 44.1 Å². The largest absolute Gasteiger partial charge is 0.416 e.